The second-order valence-electron chi connectivity index (χ2n) is 5.56. The van der Waals surface area contributed by atoms with Crippen LogP contribution in [0.25, 0.3) is 10.4 Å². The Morgan fingerprint density at radius 1 is 1.44 bits per heavy atom. The summed E-state index contributed by atoms with van der Waals surface area (Å²) >= 11 is 7.12. The molecule has 0 heterocycles. The molecule has 0 aromatic heterocycles. The number of azide groups is 1. The Labute approximate surface area is 154 Å². The van der Waals surface area contributed by atoms with Crippen LogP contribution in [0.5, 0.6) is 0 Å². The number of nitrogens with zero attached hydrogens (tertiary/aromatic N) is 3. The van der Waals surface area contributed by atoms with Crippen molar-refractivity contribution in [2.45, 2.75) is 43.8 Å². The first-order valence-electron chi connectivity index (χ1n) is 7.73. The lowest BCUT2D eigenvalue weighted by atomic mass is 10.1. The smallest absolute Gasteiger partial charge is 0.319 e. The molecule has 0 spiro atoms. The number of amides is 1. The van der Waals surface area contributed by atoms with Crippen LogP contribution in [0, 0.1) is 11.7 Å². The predicted molar refractivity (Wildman–Crippen MR) is 95.2 cm³/mol. The van der Waals surface area contributed by atoms with Crippen molar-refractivity contribution in [3.63, 3.8) is 0 Å². The zero-order valence-corrected chi connectivity index (χ0v) is 15.7. The van der Waals surface area contributed by atoms with E-state index in [1.165, 1.54) is 6.07 Å². The molecule has 0 saturated heterocycles. The molecule has 1 atom stereocenters. The fraction of sp³-hybridized carbons (Fsp3) is 0.500. The zero-order valence-electron chi connectivity index (χ0n) is 14.2. The quantitative estimate of drug-likeness (QED) is 0.149. The third kappa shape index (κ3) is 6.23. The number of carbonyl (C=O) groups excluding carboxylic acids is 2. The van der Waals surface area contributed by atoms with Gasteiger partial charge in [0.1, 0.15) is 11.1 Å². The van der Waals surface area contributed by atoms with Crippen LogP contribution in [-0.2, 0) is 9.53 Å². The zero-order chi connectivity index (χ0) is 19.0. The van der Waals surface area contributed by atoms with Gasteiger partial charge in [-0.05, 0) is 35.1 Å². The monoisotopic (exact) mass is 387 g/mol. The van der Waals surface area contributed by atoms with Crippen molar-refractivity contribution in [1.29, 1.82) is 0 Å². The molecule has 1 amide bonds. The fourth-order valence-electron chi connectivity index (χ4n) is 1.87. The van der Waals surface area contributed by atoms with E-state index in [0.717, 1.165) is 30.7 Å². The van der Waals surface area contributed by atoms with Gasteiger partial charge in [-0.1, -0.05) is 38.8 Å². The lowest BCUT2D eigenvalue weighted by Gasteiger charge is -2.20. The number of hydrogen-bond donors (Lipinski definition) is 0. The molecule has 136 valence electrons. The SMILES string of the molecule is CCCCOC(=O)C(Sc1cc(C(=O)N=[N+]=[N-])c(F)cc1Cl)C(C)C. The van der Waals surface area contributed by atoms with E-state index >= 15 is 0 Å². The molecule has 0 aliphatic carbocycles. The molecule has 25 heavy (non-hydrogen) atoms. The Kier molecular flexibility index (Phi) is 8.75. The average Bonchev–Trinajstić information content (AvgIpc) is 2.54. The molecular weight excluding hydrogens is 369 g/mol. The Morgan fingerprint density at radius 2 is 2.12 bits per heavy atom. The van der Waals surface area contributed by atoms with Crippen LogP contribution in [0.4, 0.5) is 4.39 Å². The Balaban J connectivity index is 3.08. The van der Waals surface area contributed by atoms with E-state index in [1.54, 1.807) is 0 Å². The number of rotatable bonds is 8. The number of unbranched alkanes of at least 4 members (excludes halogenated alkanes) is 1. The van der Waals surface area contributed by atoms with E-state index in [4.69, 9.17) is 21.9 Å². The summed E-state index contributed by atoms with van der Waals surface area (Å²) in [6.45, 7) is 6.02. The molecule has 1 rings (SSSR count). The second kappa shape index (κ2) is 10.3. The molecule has 0 radical (unpaired) electrons. The number of carbonyl (C=O) groups is 2. The van der Waals surface area contributed by atoms with Crippen LogP contribution >= 0.6 is 23.4 Å². The molecule has 1 aromatic carbocycles. The van der Waals surface area contributed by atoms with E-state index in [-0.39, 0.29) is 10.9 Å². The third-order valence-corrected chi connectivity index (χ3v) is 5.23. The number of thioether (sulfide) groups is 1. The van der Waals surface area contributed by atoms with Gasteiger partial charge in [0.25, 0.3) is 5.91 Å². The highest BCUT2D eigenvalue weighted by Gasteiger charge is 2.27. The van der Waals surface area contributed by atoms with E-state index in [1.807, 2.05) is 20.8 Å². The Hall–Kier alpha value is -1.76. The maximum absolute atomic E-state index is 13.9. The van der Waals surface area contributed by atoms with Gasteiger partial charge in [-0.3, -0.25) is 9.59 Å². The summed E-state index contributed by atoms with van der Waals surface area (Å²) < 4.78 is 19.1. The molecule has 6 nitrogen and oxygen atoms in total. The average molecular weight is 388 g/mol. The summed E-state index contributed by atoms with van der Waals surface area (Å²) in [7, 11) is 0. The van der Waals surface area contributed by atoms with Crippen LogP contribution < -0.4 is 0 Å². The van der Waals surface area contributed by atoms with Crippen LogP contribution in [0.3, 0.4) is 0 Å². The molecule has 0 saturated carbocycles. The predicted octanol–water partition coefficient (Wildman–Crippen LogP) is 5.39. The molecular formula is C16H19ClFN3O3S. The molecule has 1 aromatic rings. The maximum atomic E-state index is 13.9. The van der Waals surface area contributed by atoms with Crippen LogP contribution in [0.2, 0.25) is 5.02 Å². The highest BCUT2D eigenvalue weighted by Crippen LogP contribution is 2.36. The topological polar surface area (TPSA) is 92.1 Å². The van der Waals surface area contributed by atoms with Gasteiger partial charge >= 0.3 is 5.97 Å². The van der Waals surface area contributed by atoms with Crippen LogP contribution in [0.1, 0.15) is 44.0 Å². The standard InChI is InChI=1S/C16H19ClFN3O3S/c1-4-5-6-24-16(23)14(9(2)3)25-13-7-10(15(22)20-21-19)12(18)8-11(13)17/h7-9,14H,4-6H2,1-3H3. The van der Waals surface area contributed by atoms with E-state index in [9.17, 15) is 14.0 Å². The highest BCUT2D eigenvalue weighted by atomic mass is 35.5. The highest BCUT2D eigenvalue weighted by molar-refractivity contribution is 8.00. The lowest BCUT2D eigenvalue weighted by molar-refractivity contribution is -0.143. The Morgan fingerprint density at radius 3 is 2.68 bits per heavy atom. The van der Waals surface area contributed by atoms with E-state index in [0.29, 0.717) is 11.5 Å². The van der Waals surface area contributed by atoms with Crippen molar-refractivity contribution < 1.29 is 18.7 Å². The maximum Gasteiger partial charge on any atom is 0.319 e. The summed E-state index contributed by atoms with van der Waals surface area (Å²) in [4.78, 5) is 26.6. The van der Waals surface area contributed by atoms with Crippen molar-refractivity contribution in [2.24, 2.45) is 11.0 Å². The first-order chi connectivity index (χ1) is 11.8. The minimum absolute atomic E-state index is 0.0620. The summed E-state index contributed by atoms with van der Waals surface area (Å²) in [5.74, 6) is -2.41. The minimum atomic E-state index is -1.05. The summed E-state index contributed by atoms with van der Waals surface area (Å²) in [5, 5.41) is 2.38. The minimum Gasteiger partial charge on any atom is -0.465 e. The number of esters is 1. The number of halogens is 2. The molecule has 0 N–H and O–H groups in total. The molecule has 0 fully saturated rings. The van der Waals surface area contributed by atoms with Gasteiger partial charge in [0.15, 0.2) is 0 Å². The summed E-state index contributed by atoms with van der Waals surface area (Å²) in [5.41, 5.74) is 7.93. The van der Waals surface area contributed by atoms with Gasteiger partial charge in [0.2, 0.25) is 0 Å². The van der Waals surface area contributed by atoms with Crippen molar-refractivity contribution in [3.8, 4) is 0 Å². The summed E-state index contributed by atoms with van der Waals surface area (Å²) in [6, 6.07) is 2.15. The molecule has 0 aliphatic rings. The van der Waals surface area contributed by atoms with Gasteiger partial charge in [-0.25, -0.2) is 4.39 Å². The van der Waals surface area contributed by atoms with Gasteiger partial charge in [-0.2, -0.15) is 0 Å². The van der Waals surface area contributed by atoms with Crippen LogP contribution in [0.15, 0.2) is 22.1 Å². The number of benzene rings is 1. The first kappa shape index (κ1) is 21.3. The summed E-state index contributed by atoms with van der Waals surface area (Å²) in [6.07, 6.45) is 1.67. The molecule has 0 bridgehead atoms. The van der Waals surface area contributed by atoms with Gasteiger partial charge in [-0.15, -0.1) is 11.8 Å². The fourth-order valence-corrected chi connectivity index (χ4v) is 3.22. The molecule has 9 heteroatoms. The third-order valence-electron chi connectivity index (χ3n) is 3.22. The van der Waals surface area contributed by atoms with E-state index < -0.39 is 28.5 Å². The van der Waals surface area contributed by atoms with Crippen molar-refractivity contribution in [3.05, 3.63) is 39.0 Å². The largest absolute Gasteiger partial charge is 0.465 e. The van der Waals surface area contributed by atoms with Crippen molar-refractivity contribution in [2.75, 3.05) is 6.61 Å². The van der Waals surface area contributed by atoms with Crippen molar-refractivity contribution >= 4 is 35.2 Å². The number of hydrogen-bond acceptors (Lipinski definition) is 4. The van der Waals surface area contributed by atoms with Crippen molar-refractivity contribution in [1.82, 2.24) is 0 Å². The van der Waals surface area contributed by atoms with Crippen LogP contribution in [-0.4, -0.2) is 23.7 Å². The second-order valence-corrected chi connectivity index (χ2v) is 7.15. The Bertz CT molecular complexity index is 693. The van der Waals surface area contributed by atoms with E-state index in [2.05, 4.69) is 10.0 Å². The molecule has 0 aliphatic heterocycles. The van der Waals surface area contributed by atoms with Gasteiger partial charge < -0.3 is 4.74 Å². The van der Waals surface area contributed by atoms with Gasteiger partial charge in [0.05, 0.1) is 17.2 Å². The first-order valence-corrected chi connectivity index (χ1v) is 8.99. The van der Waals surface area contributed by atoms with Gasteiger partial charge in [0, 0.05) is 9.81 Å². The normalized spacial score (nSPS) is 11.8. The number of ether oxygens (including phenoxy) is 1. The molecule has 1 unspecified atom stereocenters. The lowest BCUT2D eigenvalue weighted by Crippen LogP contribution is -2.26.